The van der Waals surface area contributed by atoms with Crippen LogP contribution in [-0.4, -0.2) is 155 Å². The Morgan fingerprint density at radius 1 is 0.233 bits per heavy atom. The van der Waals surface area contributed by atoms with Crippen molar-refractivity contribution >= 4 is 23.9 Å². The van der Waals surface area contributed by atoms with Gasteiger partial charge in [0.25, 0.3) is 0 Å². The molecule has 0 aliphatic heterocycles. The van der Waals surface area contributed by atoms with Gasteiger partial charge in [0.15, 0.2) is 33.2 Å². The van der Waals surface area contributed by atoms with Crippen LogP contribution in [0.2, 0.25) is 0 Å². The van der Waals surface area contributed by atoms with Crippen molar-refractivity contribution in [1.29, 1.82) is 0 Å². The molecule has 0 atom stereocenters. The molecule has 0 unspecified atom stereocenters. The van der Waals surface area contributed by atoms with Gasteiger partial charge in [-0.15, -0.1) is 0 Å². The Morgan fingerprint density at radius 2 is 0.438 bits per heavy atom. The summed E-state index contributed by atoms with van der Waals surface area (Å²) in [6.07, 6.45) is 0.849. The van der Waals surface area contributed by atoms with E-state index in [0.29, 0.717) is 176 Å². The van der Waals surface area contributed by atoms with Crippen LogP contribution in [0.25, 0.3) is 0 Å². The molecule has 146 heavy (non-hydrogen) atoms. The number of aliphatic hydroxyl groups is 1. The molecular formula is C119H136O27. The maximum Gasteiger partial charge on any atom is 0.344 e. The first-order chi connectivity index (χ1) is 70.0. The summed E-state index contributed by atoms with van der Waals surface area (Å²) >= 11 is 0. The lowest BCUT2D eigenvalue weighted by atomic mass is 9.91. The summed E-state index contributed by atoms with van der Waals surface area (Å²) in [6, 6.07) is 70.6. The Bertz CT molecular complexity index is 6330. The molecule has 27 heteroatoms. The van der Waals surface area contributed by atoms with Crippen molar-refractivity contribution in [2.24, 2.45) is 0 Å². The fraction of sp³-hybridized carbons (Fsp3) is 0.361. The van der Waals surface area contributed by atoms with Gasteiger partial charge >= 0.3 is 23.9 Å². The molecule has 0 aliphatic rings. The number of rotatable bonds is 52. The number of carbonyl (C=O) groups is 4. The van der Waals surface area contributed by atoms with E-state index in [9.17, 15) is 24.3 Å². The van der Waals surface area contributed by atoms with E-state index in [4.69, 9.17) is 104 Å². The monoisotopic (exact) mass is 2000 g/mol. The quantitative estimate of drug-likeness (QED) is 0.0160. The van der Waals surface area contributed by atoms with Gasteiger partial charge in [0, 0.05) is 136 Å². The van der Waals surface area contributed by atoms with Crippen molar-refractivity contribution in [3.63, 3.8) is 0 Å². The third kappa shape index (κ3) is 33.1. The second-order valence-corrected chi connectivity index (χ2v) is 38.8. The Kier molecular flexibility index (Phi) is 39.3. The summed E-state index contributed by atoms with van der Waals surface area (Å²) in [4.78, 5) is 54.5. The van der Waals surface area contributed by atoms with E-state index >= 15 is 0 Å². The molecule has 0 aliphatic carbocycles. The second kappa shape index (κ2) is 52.1. The molecule has 12 rings (SSSR count). The van der Waals surface area contributed by atoms with Gasteiger partial charge in [0.1, 0.15) is 141 Å². The fourth-order valence-corrected chi connectivity index (χ4v) is 17.0. The Hall–Kier alpha value is -14.8. The largest absolute Gasteiger partial charge is 0.496 e. The van der Waals surface area contributed by atoms with Gasteiger partial charge in [0.05, 0.1) is 69.6 Å². The first-order valence-electron chi connectivity index (χ1n) is 48.4. The van der Waals surface area contributed by atoms with Gasteiger partial charge in [-0.05, 0) is 208 Å². The maximum absolute atomic E-state index is 13.9. The molecule has 0 heterocycles. The fourth-order valence-electron chi connectivity index (χ4n) is 17.0. The molecule has 1 N–H and O–H groups in total. The number of esters is 4. The number of hydrogen-bond donors (Lipinski definition) is 1. The van der Waals surface area contributed by atoms with Crippen LogP contribution >= 0.6 is 0 Å². The van der Waals surface area contributed by atoms with E-state index in [1.54, 1.807) is 164 Å². The SMILES string of the molecule is COCCOCOc1ccc(OCC(=O)OC(C)(C)C)cc1Cc1cc(OCc2ccccc2)cc(Cc2cc(OCC(=O)OC(C)(C)C)cc(Cc3cc(OCc4ccccc4)cc(Cc4cc(OCC(=O)OC(C)(C)C)cc(Cc5cc(OCc6ccccc6)cc(Cc6cc(OCC(=O)OC(C)(C)C)cc(Cc7cc(OCc8ccccc8)cc(CO)c7OC)c6OC)c5OC)c4OC)c3OC)c2OC)c1OC. The number of methoxy groups -OCH3 is 8. The summed E-state index contributed by atoms with van der Waals surface area (Å²) in [5, 5.41) is 10.9. The third-order valence-corrected chi connectivity index (χ3v) is 22.6. The lowest BCUT2D eigenvalue weighted by Crippen LogP contribution is -2.27. The van der Waals surface area contributed by atoms with Crippen LogP contribution in [0.1, 0.15) is 189 Å². The van der Waals surface area contributed by atoms with Crippen LogP contribution in [-0.2, 0) is 126 Å². The van der Waals surface area contributed by atoms with Crippen molar-refractivity contribution in [3.05, 3.63) is 330 Å². The lowest BCUT2D eigenvalue weighted by molar-refractivity contribution is -0.158. The zero-order valence-corrected chi connectivity index (χ0v) is 87.4. The van der Waals surface area contributed by atoms with Crippen LogP contribution in [0.5, 0.6) is 92.0 Å². The molecule has 12 aromatic carbocycles. The van der Waals surface area contributed by atoms with Crippen molar-refractivity contribution in [3.8, 4) is 92.0 Å². The van der Waals surface area contributed by atoms with Gasteiger partial charge in [-0.3, -0.25) is 0 Å². The second-order valence-electron chi connectivity index (χ2n) is 38.8. The smallest absolute Gasteiger partial charge is 0.344 e. The van der Waals surface area contributed by atoms with Crippen LogP contribution in [0.15, 0.2) is 224 Å². The number of aliphatic hydroxyl groups excluding tert-OH is 1. The molecule has 0 bridgehead atoms. The number of carbonyl (C=O) groups excluding carboxylic acids is 4. The maximum atomic E-state index is 13.9. The van der Waals surface area contributed by atoms with Crippen molar-refractivity contribution < 1.29 is 128 Å². The highest BCUT2D eigenvalue weighted by Gasteiger charge is 2.31. The number of hydrogen-bond acceptors (Lipinski definition) is 27. The molecule has 0 fully saturated rings. The Morgan fingerprint density at radius 3 is 0.658 bits per heavy atom. The highest BCUT2D eigenvalue weighted by atomic mass is 16.7. The minimum atomic E-state index is -0.854. The first kappa shape index (κ1) is 110. The van der Waals surface area contributed by atoms with Crippen molar-refractivity contribution in [2.75, 3.05) is 103 Å². The molecule has 774 valence electrons. The predicted octanol–water partition coefficient (Wildman–Crippen LogP) is 21.6. The Labute approximate surface area is 856 Å². The molecule has 12 aromatic rings. The highest BCUT2D eigenvalue weighted by molar-refractivity contribution is 5.74. The molecule has 0 saturated carbocycles. The summed E-state index contributed by atoms with van der Waals surface area (Å²) in [6.45, 7) is 20.7. The molecule has 27 nitrogen and oxygen atoms in total. The predicted molar refractivity (Wildman–Crippen MR) is 555 cm³/mol. The van der Waals surface area contributed by atoms with Gasteiger partial charge in [-0.2, -0.15) is 0 Å². The standard InChI is InChI=1S/C119H136O27/c1-116(2,3)143-105(121)72-138-96-41-42-104(142-76-133-44-43-125-13)81(52-96)45-82-53-97(134-68-77-33-25-21-26-34-77)54-83(109(82)126-14)46-88-59-100(139-73-106(122)144-117(4,5)6)60-89(112(88)129-17)47-84-55-98(135-69-78-35-27-22-28-36-78)56-85(110(84)127-15)48-90-61-101(140-74-107(123)145-118(7,8)9)62-91(113(90)130-18)49-86-57-99(136-70-79-37-29-23-30-38-79)58-87(111(86)128-16)50-92-63-102(141-75-108(124)146-119(10,11)12)64-93(114(92)131-19)51-94-65-103(66-95(67-120)115(94)132-20)137-71-80-39-31-24-32-40-80/h21-42,52-66,120H,43-51,67-76H2,1-20H3. The molecular weight excluding hydrogens is 1860 g/mol. The average molecular weight is 2000 g/mol. The Balaban J connectivity index is 1.000. The van der Waals surface area contributed by atoms with Crippen LogP contribution < -0.4 is 75.8 Å². The summed E-state index contributed by atoms with van der Waals surface area (Å²) < 4.78 is 139. The minimum Gasteiger partial charge on any atom is -0.496 e. The van der Waals surface area contributed by atoms with Gasteiger partial charge in [-0.1, -0.05) is 121 Å². The van der Waals surface area contributed by atoms with Gasteiger partial charge in [0.2, 0.25) is 0 Å². The van der Waals surface area contributed by atoms with Crippen molar-refractivity contribution in [2.45, 2.75) is 183 Å². The average Bonchev–Trinajstić information content (AvgIpc) is 0.778. The van der Waals surface area contributed by atoms with Crippen LogP contribution in [0.3, 0.4) is 0 Å². The highest BCUT2D eigenvalue weighted by Crippen LogP contribution is 2.47. The first-order valence-corrected chi connectivity index (χ1v) is 48.4. The molecule has 0 saturated heterocycles. The van der Waals surface area contributed by atoms with E-state index in [2.05, 4.69) is 0 Å². The van der Waals surface area contributed by atoms with E-state index in [1.807, 2.05) is 200 Å². The summed E-state index contributed by atoms with van der Waals surface area (Å²) in [7, 11) is 12.7. The van der Waals surface area contributed by atoms with E-state index < -0.39 is 66.1 Å². The molecule has 0 aromatic heterocycles. The minimum absolute atomic E-state index is 0.0826. The van der Waals surface area contributed by atoms with E-state index in [1.165, 1.54) is 0 Å². The van der Waals surface area contributed by atoms with Gasteiger partial charge < -0.3 is 109 Å². The molecule has 0 radical (unpaired) electrons. The molecule has 0 amide bonds. The van der Waals surface area contributed by atoms with Crippen molar-refractivity contribution in [1.82, 2.24) is 0 Å². The normalized spacial score (nSPS) is 11.5. The van der Waals surface area contributed by atoms with E-state index in [0.717, 1.165) is 22.3 Å². The van der Waals surface area contributed by atoms with E-state index in [-0.39, 0.29) is 104 Å². The number of ether oxygens (including phenoxy) is 22. The zero-order chi connectivity index (χ0) is 105. The molecule has 0 spiro atoms. The number of benzene rings is 12. The summed E-state index contributed by atoms with van der Waals surface area (Å²) in [5.41, 5.74) is 9.78. The topological polar surface area (TPSA) is 292 Å². The third-order valence-electron chi connectivity index (χ3n) is 22.6. The summed E-state index contributed by atoms with van der Waals surface area (Å²) in [5.74, 6) is 4.52. The van der Waals surface area contributed by atoms with Gasteiger partial charge in [-0.25, -0.2) is 19.2 Å². The van der Waals surface area contributed by atoms with Crippen LogP contribution in [0.4, 0.5) is 0 Å². The van der Waals surface area contributed by atoms with Crippen LogP contribution in [0, 0.1) is 0 Å². The lowest BCUT2D eigenvalue weighted by Gasteiger charge is -2.23. The zero-order valence-electron chi connectivity index (χ0n) is 87.4.